The van der Waals surface area contributed by atoms with Crippen molar-refractivity contribution in [3.05, 3.63) is 72.3 Å². The number of hydrazine groups is 2. The Kier molecular flexibility index (Phi) is 9.34. The zero-order valence-electron chi connectivity index (χ0n) is 21.1. The summed E-state index contributed by atoms with van der Waals surface area (Å²) in [5.41, 5.74) is 21.9. The molecule has 0 radical (unpaired) electrons. The summed E-state index contributed by atoms with van der Waals surface area (Å²) < 4.78 is 5.48. The van der Waals surface area contributed by atoms with Crippen molar-refractivity contribution in [1.29, 1.82) is 0 Å². The molecule has 0 saturated heterocycles. The number of ether oxygens (including phenoxy) is 1. The number of benzene rings is 3. The third-order valence-corrected chi connectivity index (χ3v) is 5.14. The van der Waals surface area contributed by atoms with E-state index in [1.54, 1.807) is 41.2 Å². The molecule has 0 unspecified atom stereocenters. The van der Waals surface area contributed by atoms with Crippen LogP contribution in [0.25, 0.3) is 21.8 Å². The van der Waals surface area contributed by atoms with E-state index in [4.69, 9.17) is 21.3 Å². The fourth-order valence-corrected chi connectivity index (χ4v) is 3.25. The molecule has 0 atom stereocenters. The van der Waals surface area contributed by atoms with Gasteiger partial charge in [0, 0.05) is 28.1 Å². The lowest BCUT2D eigenvalue weighted by Gasteiger charge is -2.08. The fourth-order valence-electron chi connectivity index (χ4n) is 3.25. The average molecular weight is 548 g/mol. The zero-order valence-corrected chi connectivity index (χ0v) is 21.1. The first-order valence-corrected chi connectivity index (χ1v) is 11.6. The molecule has 1 aromatic heterocycles. The minimum Gasteiger partial charge on any atom is -0.494 e. The highest BCUT2D eigenvalue weighted by molar-refractivity contribution is 6.36. The quantitative estimate of drug-likeness (QED) is 0.0819. The van der Waals surface area contributed by atoms with Crippen molar-refractivity contribution in [1.82, 2.24) is 26.7 Å². The second-order valence-electron chi connectivity index (χ2n) is 7.90. The Hall–Kier alpha value is -5.92. The van der Waals surface area contributed by atoms with Gasteiger partial charge in [-0.25, -0.2) is 9.78 Å². The summed E-state index contributed by atoms with van der Waals surface area (Å²) in [5.74, 6) is -5.88. The first-order valence-electron chi connectivity index (χ1n) is 11.6. The highest BCUT2D eigenvalue weighted by Gasteiger charge is 2.17. The highest BCUT2D eigenvalue weighted by atomic mass is 16.5. The average Bonchev–Trinajstić information content (AvgIpc) is 2.96. The number of hydrogen-bond donors (Lipinski definition) is 7. The van der Waals surface area contributed by atoms with Crippen LogP contribution in [-0.4, -0.2) is 46.3 Å². The van der Waals surface area contributed by atoms with E-state index in [9.17, 15) is 24.0 Å². The summed E-state index contributed by atoms with van der Waals surface area (Å²) in [7, 11) is 0. The summed E-state index contributed by atoms with van der Waals surface area (Å²) in [6.45, 7) is 2.59. The van der Waals surface area contributed by atoms with Gasteiger partial charge < -0.3 is 21.3 Å². The Labute approximate surface area is 226 Å². The molecule has 14 nitrogen and oxygen atoms in total. The Morgan fingerprint density at radius 1 is 0.800 bits per heavy atom. The smallest absolute Gasteiger partial charge is 0.396 e. The number of carbonyl (C=O) groups excluding carboxylic acids is 4. The first-order chi connectivity index (χ1) is 19.1. The van der Waals surface area contributed by atoms with Crippen molar-refractivity contribution in [2.75, 3.05) is 18.1 Å². The number of nitrogens with two attached hydrogens (primary N) is 2. The van der Waals surface area contributed by atoms with Crippen LogP contribution in [0.3, 0.4) is 0 Å². The number of hydrogen-bond acceptors (Lipinski definition) is 9. The van der Waals surface area contributed by atoms with Crippen LogP contribution in [0, 0.1) is 0 Å². The van der Waals surface area contributed by atoms with Crippen molar-refractivity contribution in [3.63, 3.8) is 0 Å². The molecule has 0 spiro atoms. The molecule has 0 aliphatic carbocycles. The number of pyridine rings is 1. The number of nitrogen functional groups attached to an aromatic ring is 2. The van der Waals surface area contributed by atoms with Gasteiger partial charge in [-0.2, -0.15) is 0 Å². The van der Waals surface area contributed by atoms with Gasteiger partial charge in [0.2, 0.25) is 0 Å². The third-order valence-electron chi connectivity index (χ3n) is 5.14. The molecule has 14 heteroatoms. The molecule has 9 N–H and O–H groups in total. The summed E-state index contributed by atoms with van der Waals surface area (Å²) in [6.07, 6.45) is 0. The molecular formula is C26H25N7O7. The topological polar surface area (TPSA) is 228 Å². The number of amides is 4. The van der Waals surface area contributed by atoms with Crippen LogP contribution in [-0.2, 0) is 19.2 Å². The molecule has 0 aliphatic heterocycles. The van der Waals surface area contributed by atoms with Gasteiger partial charge in [0.05, 0.1) is 23.3 Å². The number of carboxylic acids is 1. The Morgan fingerprint density at radius 3 is 2.08 bits per heavy atom. The minimum atomic E-state index is -1.84. The maximum atomic E-state index is 11.5. The Balaban J connectivity index is 0.000000221. The maximum absolute atomic E-state index is 11.5. The predicted octanol–water partition coefficient (Wildman–Crippen LogP) is 0.631. The van der Waals surface area contributed by atoms with Crippen LogP contribution in [0.15, 0.2) is 66.7 Å². The van der Waals surface area contributed by atoms with Crippen LogP contribution in [0.2, 0.25) is 0 Å². The summed E-state index contributed by atoms with van der Waals surface area (Å²) in [6, 6.07) is 19.3. The number of nitrogens with zero attached hydrogens (tertiary/aromatic N) is 1. The predicted molar refractivity (Wildman–Crippen MR) is 145 cm³/mol. The number of anilines is 2. The normalized spacial score (nSPS) is 10.0. The Morgan fingerprint density at radius 2 is 1.43 bits per heavy atom. The van der Waals surface area contributed by atoms with E-state index in [0.29, 0.717) is 18.0 Å². The van der Waals surface area contributed by atoms with Crippen LogP contribution in [0.4, 0.5) is 11.4 Å². The highest BCUT2D eigenvalue weighted by Crippen LogP contribution is 2.29. The van der Waals surface area contributed by atoms with E-state index >= 15 is 0 Å². The second-order valence-corrected chi connectivity index (χ2v) is 7.90. The number of aliphatic carboxylic acids is 1. The SMILES string of the molecule is CCOc1ccc2cc3c(N)ccc(N)c3nc2c1.O=C(O)C(=O)NNC(=O)C(=O)NNC(=O)c1ccccc1. The molecule has 0 saturated carbocycles. The van der Waals surface area contributed by atoms with Gasteiger partial charge >= 0.3 is 23.7 Å². The van der Waals surface area contributed by atoms with Gasteiger partial charge in [-0.15, -0.1) is 0 Å². The molecule has 1 heterocycles. The largest absolute Gasteiger partial charge is 0.494 e. The lowest BCUT2D eigenvalue weighted by molar-refractivity contribution is -0.151. The molecule has 4 amide bonds. The number of nitrogens with one attached hydrogen (secondary N) is 4. The number of carbonyl (C=O) groups is 5. The molecule has 40 heavy (non-hydrogen) atoms. The van der Waals surface area contributed by atoms with E-state index in [2.05, 4.69) is 4.98 Å². The van der Waals surface area contributed by atoms with Crippen LogP contribution in [0.1, 0.15) is 17.3 Å². The van der Waals surface area contributed by atoms with Gasteiger partial charge in [-0.3, -0.25) is 40.9 Å². The van der Waals surface area contributed by atoms with Gasteiger partial charge in [0.1, 0.15) is 5.75 Å². The summed E-state index contributed by atoms with van der Waals surface area (Å²) >= 11 is 0. The third kappa shape index (κ3) is 7.32. The van der Waals surface area contributed by atoms with Gasteiger partial charge in [0.15, 0.2) is 0 Å². The van der Waals surface area contributed by atoms with E-state index in [-0.39, 0.29) is 5.56 Å². The standard InChI is InChI=1S/C15H15N3O.C11H10N4O6/c1-2-19-10-4-3-9-7-11-12(16)5-6-13(17)15(11)18-14(9)8-10;16-7(6-4-2-1-3-5-6)12-13-8(17)9(18)14-15-10(19)11(20)21/h3-8H,2,16-17H2,1H3;1-5H,(H,12,16)(H,13,17)(H,14,18)(H,15,19)(H,20,21). The lowest BCUT2D eigenvalue weighted by atomic mass is 10.1. The van der Waals surface area contributed by atoms with Gasteiger partial charge in [0.25, 0.3) is 5.91 Å². The number of aromatic nitrogens is 1. The van der Waals surface area contributed by atoms with Crippen molar-refractivity contribution < 1.29 is 33.8 Å². The monoisotopic (exact) mass is 547 g/mol. The molecule has 206 valence electrons. The molecule has 0 aliphatic rings. The summed E-state index contributed by atoms with van der Waals surface area (Å²) in [4.78, 5) is 59.2. The van der Waals surface area contributed by atoms with Crippen molar-refractivity contribution in [2.45, 2.75) is 6.92 Å². The summed E-state index contributed by atoms with van der Waals surface area (Å²) in [5, 5.41) is 10.1. The molecule has 3 aromatic carbocycles. The number of carboxylic acid groups (broad SMARTS) is 1. The van der Waals surface area contributed by atoms with Crippen LogP contribution in [0.5, 0.6) is 5.75 Å². The van der Waals surface area contributed by atoms with E-state index < -0.39 is 29.6 Å². The molecule has 4 aromatic rings. The van der Waals surface area contributed by atoms with Crippen molar-refractivity contribution in [2.24, 2.45) is 0 Å². The lowest BCUT2D eigenvalue weighted by Crippen LogP contribution is -2.53. The van der Waals surface area contributed by atoms with Gasteiger partial charge in [-0.05, 0) is 49.4 Å². The van der Waals surface area contributed by atoms with Crippen molar-refractivity contribution in [3.8, 4) is 5.75 Å². The zero-order chi connectivity index (χ0) is 29.2. The minimum absolute atomic E-state index is 0.248. The van der Waals surface area contributed by atoms with Crippen molar-refractivity contribution >= 4 is 62.8 Å². The van der Waals surface area contributed by atoms with E-state index in [1.807, 2.05) is 36.6 Å². The van der Waals surface area contributed by atoms with Gasteiger partial charge in [-0.1, -0.05) is 18.2 Å². The van der Waals surface area contributed by atoms with E-state index in [1.165, 1.54) is 17.6 Å². The second kappa shape index (κ2) is 13.0. The fraction of sp³-hybridized carbons (Fsp3) is 0.0769. The van der Waals surface area contributed by atoms with Crippen LogP contribution < -0.4 is 37.9 Å². The van der Waals surface area contributed by atoms with E-state index in [0.717, 1.165) is 27.6 Å². The molecule has 4 rings (SSSR count). The molecular weight excluding hydrogens is 522 g/mol. The molecule has 0 bridgehead atoms. The number of fused-ring (bicyclic) bond motifs is 2. The maximum Gasteiger partial charge on any atom is 0.396 e. The Bertz CT molecular complexity index is 1590. The molecule has 0 fully saturated rings. The van der Waals surface area contributed by atoms with Crippen LogP contribution >= 0.6 is 0 Å². The number of rotatable bonds is 3. The first kappa shape index (κ1) is 28.6.